The third-order valence-corrected chi connectivity index (χ3v) is 3.35. The van der Waals surface area contributed by atoms with Crippen LogP contribution in [-0.4, -0.2) is 33.3 Å². The number of amides is 1. The third-order valence-electron chi connectivity index (χ3n) is 3.35. The number of nitrogens with one attached hydrogen (secondary N) is 1. The zero-order valence-electron chi connectivity index (χ0n) is 12.7. The molecule has 1 aromatic rings. The Morgan fingerprint density at radius 2 is 2.05 bits per heavy atom. The number of aliphatic carboxylic acids is 1. The molecule has 0 aliphatic heterocycles. The number of carboxylic acids is 1. The van der Waals surface area contributed by atoms with Crippen LogP contribution in [0.25, 0.3) is 0 Å². The molecule has 0 aromatic carbocycles. The lowest BCUT2D eigenvalue weighted by Gasteiger charge is -2.18. The van der Waals surface area contributed by atoms with E-state index in [0.29, 0.717) is 24.6 Å². The van der Waals surface area contributed by atoms with Gasteiger partial charge in [-0.25, -0.2) is 0 Å². The third kappa shape index (κ3) is 3.82. The monoisotopic (exact) mass is 281 g/mol. The molecule has 0 saturated heterocycles. The second kappa shape index (κ2) is 6.07. The first-order valence-electron chi connectivity index (χ1n) is 6.70. The fourth-order valence-corrected chi connectivity index (χ4v) is 1.82. The minimum absolute atomic E-state index is 0.270. The van der Waals surface area contributed by atoms with Crippen molar-refractivity contribution >= 4 is 11.9 Å². The highest BCUT2D eigenvalue weighted by Crippen LogP contribution is 2.19. The highest BCUT2D eigenvalue weighted by molar-refractivity contribution is 5.92. The summed E-state index contributed by atoms with van der Waals surface area (Å²) in [6, 6.07) is 1.77. The first-order valence-corrected chi connectivity index (χ1v) is 6.70. The molecule has 0 fully saturated rings. The van der Waals surface area contributed by atoms with Crippen molar-refractivity contribution in [2.75, 3.05) is 6.54 Å². The van der Waals surface area contributed by atoms with Crippen LogP contribution < -0.4 is 5.32 Å². The number of carbonyl (C=O) groups excluding carboxylic acids is 1. The molecule has 0 spiro atoms. The molecule has 0 saturated carbocycles. The zero-order valence-corrected chi connectivity index (χ0v) is 12.7. The molecule has 0 atom stereocenters. The maximum Gasteiger partial charge on any atom is 0.309 e. The van der Waals surface area contributed by atoms with E-state index in [-0.39, 0.29) is 5.91 Å². The quantitative estimate of drug-likeness (QED) is 0.832. The second-order valence-electron chi connectivity index (χ2n) is 5.93. The first kappa shape index (κ1) is 16.2. The van der Waals surface area contributed by atoms with Crippen molar-refractivity contribution in [1.82, 2.24) is 15.1 Å². The summed E-state index contributed by atoms with van der Waals surface area (Å²) >= 11 is 0. The van der Waals surface area contributed by atoms with Gasteiger partial charge >= 0.3 is 5.97 Å². The topological polar surface area (TPSA) is 84.2 Å². The number of hydrogen-bond acceptors (Lipinski definition) is 3. The predicted molar refractivity (Wildman–Crippen MR) is 75.7 cm³/mol. The van der Waals surface area contributed by atoms with Gasteiger partial charge in [0, 0.05) is 19.3 Å². The van der Waals surface area contributed by atoms with Gasteiger partial charge in [0.15, 0.2) is 0 Å². The highest BCUT2D eigenvalue weighted by Gasteiger charge is 2.26. The molecule has 112 valence electrons. The summed E-state index contributed by atoms with van der Waals surface area (Å²) in [5.41, 5.74) is 0.505. The van der Waals surface area contributed by atoms with Gasteiger partial charge in [-0.1, -0.05) is 13.8 Å². The lowest BCUT2D eigenvalue weighted by atomic mass is 9.90. The molecule has 1 rings (SSSR count). The average molecular weight is 281 g/mol. The van der Waals surface area contributed by atoms with Gasteiger partial charge in [-0.15, -0.1) is 0 Å². The van der Waals surface area contributed by atoms with Crippen LogP contribution in [-0.2, 0) is 11.8 Å². The Balaban J connectivity index is 2.60. The van der Waals surface area contributed by atoms with Gasteiger partial charge in [-0.2, -0.15) is 5.10 Å². The van der Waals surface area contributed by atoms with Gasteiger partial charge in [-0.3, -0.25) is 14.3 Å². The first-order chi connectivity index (χ1) is 9.15. The Hall–Kier alpha value is -1.85. The number of hydrogen-bond donors (Lipinski definition) is 2. The summed E-state index contributed by atoms with van der Waals surface area (Å²) in [5, 5.41) is 15.9. The van der Waals surface area contributed by atoms with E-state index in [1.807, 2.05) is 13.8 Å². The van der Waals surface area contributed by atoms with E-state index in [1.165, 1.54) is 0 Å². The van der Waals surface area contributed by atoms with Crippen LogP contribution in [0.15, 0.2) is 6.07 Å². The van der Waals surface area contributed by atoms with Crippen LogP contribution in [0.5, 0.6) is 0 Å². The molecule has 1 heterocycles. The maximum atomic E-state index is 12.0. The lowest BCUT2D eigenvalue weighted by Crippen LogP contribution is -2.32. The fourth-order valence-electron chi connectivity index (χ4n) is 1.82. The van der Waals surface area contributed by atoms with Crippen molar-refractivity contribution in [3.05, 3.63) is 17.5 Å². The van der Waals surface area contributed by atoms with Gasteiger partial charge in [0.2, 0.25) is 0 Å². The van der Waals surface area contributed by atoms with Crippen LogP contribution in [0, 0.1) is 5.41 Å². The van der Waals surface area contributed by atoms with Gasteiger partial charge in [0.25, 0.3) is 5.91 Å². The predicted octanol–water partition coefficient (Wildman–Crippen LogP) is 1.77. The highest BCUT2D eigenvalue weighted by atomic mass is 16.4. The van der Waals surface area contributed by atoms with Crippen molar-refractivity contribution in [3.63, 3.8) is 0 Å². The van der Waals surface area contributed by atoms with E-state index in [9.17, 15) is 9.59 Å². The zero-order chi connectivity index (χ0) is 15.5. The Morgan fingerprint density at radius 3 is 2.50 bits per heavy atom. The summed E-state index contributed by atoms with van der Waals surface area (Å²) in [5.74, 6) is -0.847. The van der Waals surface area contributed by atoms with E-state index in [4.69, 9.17) is 5.11 Å². The summed E-state index contributed by atoms with van der Waals surface area (Å²) in [6.45, 7) is 7.66. The molecule has 6 heteroatoms. The van der Waals surface area contributed by atoms with Gasteiger partial charge in [-0.05, 0) is 32.3 Å². The molecule has 0 radical (unpaired) electrons. The number of carbonyl (C=O) groups is 2. The molecule has 1 aromatic heterocycles. The van der Waals surface area contributed by atoms with Crippen LogP contribution in [0.1, 0.15) is 56.2 Å². The number of carboxylic acid groups (broad SMARTS) is 1. The largest absolute Gasteiger partial charge is 0.481 e. The molecule has 0 bridgehead atoms. The summed E-state index contributed by atoms with van der Waals surface area (Å²) in [6.07, 6.45) is 0.373. The van der Waals surface area contributed by atoms with E-state index in [0.717, 1.165) is 5.69 Å². The number of nitrogens with zero attached hydrogens (tertiary/aromatic N) is 2. The standard InChI is InChI=1S/C14H23N3O3/c1-9(2)11-8-10(16-17(11)5)12(18)15-7-6-14(3,4)13(19)20/h8-9H,6-7H2,1-5H3,(H,15,18)(H,19,20). The van der Waals surface area contributed by atoms with Crippen LogP contribution in [0.3, 0.4) is 0 Å². The van der Waals surface area contributed by atoms with E-state index >= 15 is 0 Å². The SMILES string of the molecule is CC(C)c1cc(C(=O)NCCC(C)(C)C(=O)O)nn1C. The van der Waals surface area contributed by atoms with Crippen LogP contribution in [0.4, 0.5) is 0 Å². The van der Waals surface area contributed by atoms with E-state index in [1.54, 1.807) is 31.6 Å². The Bertz CT molecular complexity index is 504. The summed E-state index contributed by atoms with van der Waals surface area (Å²) in [4.78, 5) is 22.9. The van der Waals surface area contributed by atoms with Crippen LogP contribution >= 0.6 is 0 Å². The Labute approximate surface area is 119 Å². The minimum Gasteiger partial charge on any atom is -0.481 e. The summed E-state index contributed by atoms with van der Waals surface area (Å²) in [7, 11) is 1.81. The van der Waals surface area contributed by atoms with Crippen molar-refractivity contribution < 1.29 is 14.7 Å². The van der Waals surface area contributed by atoms with Gasteiger partial charge in [0.05, 0.1) is 5.41 Å². The number of aromatic nitrogens is 2. The normalized spacial score (nSPS) is 11.7. The number of rotatable bonds is 6. The molecule has 1 amide bonds. The molecule has 0 aliphatic carbocycles. The molecule has 2 N–H and O–H groups in total. The molecule has 0 unspecified atom stereocenters. The Morgan fingerprint density at radius 1 is 1.45 bits per heavy atom. The smallest absolute Gasteiger partial charge is 0.309 e. The molecule has 0 aliphatic rings. The maximum absolute atomic E-state index is 12.0. The Kier molecular flexibility index (Phi) is 4.92. The van der Waals surface area contributed by atoms with E-state index < -0.39 is 11.4 Å². The molecular weight excluding hydrogens is 258 g/mol. The molecule has 20 heavy (non-hydrogen) atoms. The average Bonchev–Trinajstić information content (AvgIpc) is 2.71. The summed E-state index contributed by atoms with van der Waals surface area (Å²) < 4.78 is 1.70. The van der Waals surface area contributed by atoms with Crippen molar-refractivity contribution in [1.29, 1.82) is 0 Å². The van der Waals surface area contributed by atoms with E-state index in [2.05, 4.69) is 10.4 Å². The second-order valence-corrected chi connectivity index (χ2v) is 5.93. The fraction of sp³-hybridized carbons (Fsp3) is 0.643. The van der Waals surface area contributed by atoms with Crippen molar-refractivity contribution in [3.8, 4) is 0 Å². The molecule has 6 nitrogen and oxygen atoms in total. The van der Waals surface area contributed by atoms with Crippen LogP contribution in [0.2, 0.25) is 0 Å². The lowest BCUT2D eigenvalue weighted by molar-refractivity contribution is -0.147. The number of aryl methyl sites for hydroxylation is 1. The minimum atomic E-state index is -0.869. The van der Waals surface area contributed by atoms with Crippen molar-refractivity contribution in [2.24, 2.45) is 12.5 Å². The van der Waals surface area contributed by atoms with Gasteiger partial charge < -0.3 is 10.4 Å². The van der Waals surface area contributed by atoms with Gasteiger partial charge in [0.1, 0.15) is 5.69 Å². The molecular formula is C14H23N3O3. The van der Waals surface area contributed by atoms with Crippen molar-refractivity contribution in [2.45, 2.75) is 40.0 Å².